The van der Waals surface area contributed by atoms with Gasteiger partial charge in [0, 0.05) is 144 Å². The van der Waals surface area contributed by atoms with Crippen LogP contribution in [0, 0.1) is 0 Å². The van der Waals surface area contributed by atoms with Gasteiger partial charge in [-0.15, -0.1) is 0 Å². The molecule has 3 nitrogen and oxygen atoms in total. The van der Waals surface area contributed by atoms with E-state index in [9.17, 15) is 0 Å². The summed E-state index contributed by atoms with van der Waals surface area (Å²) in [6.45, 7) is 0. The molecule has 0 aliphatic rings. The first-order valence-corrected chi connectivity index (χ1v) is 0. The summed E-state index contributed by atoms with van der Waals surface area (Å²) >= 11 is 0. The normalized spacial score (nSPS) is 0. The summed E-state index contributed by atoms with van der Waals surface area (Å²) < 4.78 is 0. The third-order valence-corrected chi connectivity index (χ3v) is 0. The Balaban J connectivity index is 0. The van der Waals surface area contributed by atoms with Gasteiger partial charge in [-0.3, -0.25) is 0 Å². The summed E-state index contributed by atoms with van der Waals surface area (Å²) in [5.74, 6) is 0. The Hall–Kier alpha value is 5.74. The van der Waals surface area contributed by atoms with Crippen LogP contribution in [0.1, 0.15) is 0 Å². The van der Waals surface area contributed by atoms with Crippen LogP contribution in [0.2, 0.25) is 0 Å². The first kappa shape index (κ1) is 126. The van der Waals surface area contributed by atoms with Gasteiger partial charge in [-0.25, -0.2) is 0 Å². The Bertz CT molecular complexity index is 25.3. The third kappa shape index (κ3) is 90.2. The molecule has 0 aromatic carbocycles. The molecule has 0 rings (SSSR count). The van der Waals surface area contributed by atoms with E-state index in [-0.39, 0.29) is 195 Å². The molecular formula is Cr2O3Sn2Ti2Zr2. The zero-order chi connectivity index (χ0) is 0. The van der Waals surface area contributed by atoms with Crippen LogP contribution < -0.4 is 0 Å². The second kappa shape index (κ2) is 104. The standard InChI is InChI=1S/2Cr.3O.2Sn.2Ti.2Zr/q2*+3;3*-2;;;;;;. The molecule has 0 aliphatic heterocycles. The maximum Gasteiger partial charge on any atom is 3.00 e. The van der Waals surface area contributed by atoms with Gasteiger partial charge in [0.15, 0.2) is 0 Å². The minimum absolute atomic E-state index is 0. The minimum Gasteiger partial charge on any atom is -2.00 e. The van der Waals surface area contributed by atoms with Crippen molar-refractivity contribution < 1.29 is 147 Å². The Morgan fingerprint density at radius 3 is 0.455 bits per heavy atom. The molecule has 0 saturated heterocycles. The van der Waals surface area contributed by atoms with Crippen molar-refractivity contribution in [2.45, 2.75) is 0 Å². The van der Waals surface area contributed by atoms with Crippen molar-refractivity contribution in [2.75, 3.05) is 0 Å². The average Bonchev–Trinajstić information content (AvgIpc) is 0. The van der Waals surface area contributed by atoms with Crippen molar-refractivity contribution in [3.05, 3.63) is 0 Å². The maximum atomic E-state index is 0. The van der Waals surface area contributed by atoms with E-state index >= 15 is 0 Å². The molecule has 0 aliphatic carbocycles. The van der Waals surface area contributed by atoms with Crippen LogP contribution in [0.4, 0.5) is 0 Å². The Morgan fingerprint density at radius 1 is 0.455 bits per heavy atom. The molecule has 11 heavy (non-hydrogen) atoms. The van der Waals surface area contributed by atoms with Crippen molar-refractivity contribution in [1.29, 1.82) is 0 Å². The van der Waals surface area contributed by atoms with Crippen molar-refractivity contribution in [1.82, 2.24) is 0 Å². The van der Waals surface area contributed by atoms with Gasteiger partial charge in [-0.1, -0.05) is 0 Å². The van der Waals surface area contributed by atoms with Crippen LogP contribution in [0.15, 0.2) is 0 Å². The molecule has 0 fully saturated rings. The van der Waals surface area contributed by atoms with E-state index in [2.05, 4.69) is 0 Å². The summed E-state index contributed by atoms with van der Waals surface area (Å²) in [5, 5.41) is 0. The molecule has 0 unspecified atom stereocenters. The first-order valence-electron chi connectivity index (χ1n) is 0. The second-order valence-electron chi connectivity index (χ2n) is 0. The van der Waals surface area contributed by atoms with Gasteiger partial charge in [-0.05, 0) is 0 Å². The fraction of sp³-hybridized carbons (Fsp3) is 0. The fourth-order valence-corrected chi connectivity index (χ4v) is 0. The molecule has 0 aromatic rings. The van der Waals surface area contributed by atoms with Gasteiger partial charge in [0.25, 0.3) is 0 Å². The van der Waals surface area contributed by atoms with Gasteiger partial charge >= 0.3 is 34.7 Å². The predicted molar refractivity (Wildman–Crippen MR) is 13.6 cm³/mol. The van der Waals surface area contributed by atoms with Crippen molar-refractivity contribution >= 4 is 47.8 Å². The molecule has 0 N–H and O–H groups in total. The van der Waals surface area contributed by atoms with Gasteiger partial charge in [-0.2, -0.15) is 0 Å². The molecule has 10 radical (unpaired) electrons. The van der Waals surface area contributed by atoms with Crippen LogP contribution in [-0.2, 0) is 147 Å². The zero-order valence-corrected chi connectivity index (χ0v) is 21.3. The Labute approximate surface area is 190 Å². The monoisotopic (exact) mass is 667 g/mol. The van der Waals surface area contributed by atoms with Crippen LogP contribution in [0.5, 0.6) is 0 Å². The van der Waals surface area contributed by atoms with Gasteiger partial charge in [0.05, 0.1) is 0 Å². The summed E-state index contributed by atoms with van der Waals surface area (Å²) in [6.07, 6.45) is 0. The first-order chi connectivity index (χ1) is 0. The van der Waals surface area contributed by atoms with Crippen molar-refractivity contribution in [2.24, 2.45) is 0 Å². The Kier molecular flexibility index (Phi) is 1190. The summed E-state index contributed by atoms with van der Waals surface area (Å²) in [5.41, 5.74) is 0. The smallest absolute Gasteiger partial charge is 2.00 e. The molecule has 0 atom stereocenters. The summed E-state index contributed by atoms with van der Waals surface area (Å²) in [6, 6.07) is 0. The number of rotatable bonds is 0. The van der Waals surface area contributed by atoms with Crippen LogP contribution >= 0.6 is 0 Å². The fourth-order valence-electron chi connectivity index (χ4n) is 0. The second-order valence-corrected chi connectivity index (χ2v) is 0. The van der Waals surface area contributed by atoms with Crippen LogP contribution in [0.25, 0.3) is 0 Å². The summed E-state index contributed by atoms with van der Waals surface area (Å²) in [7, 11) is 0. The van der Waals surface area contributed by atoms with Gasteiger partial charge in [0.1, 0.15) is 0 Å². The molecule has 0 heterocycles. The Morgan fingerprint density at radius 2 is 0.455 bits per heavy atom. The van der Waals surface area contributed by atoms with E-state index in [0.717, 1.165) is 0 Å². The van der Waals surface area contributed by atoms with Crippen molar-refractivity contribution in [3.8, 4) is 0 Å². The largest absolute Gasteiger partial charge is 3.00 e. The van der Waals surface area contributed by atoms with Crippen LogP contribution in [-0.4, -0.2) is 47.8 Å². The molecule has 0 saturated carbocycles. The quantitative estimate of drug-likeness (QED) is 0.293. The van der Waals surface area contributed by atoms with E-state index in [4.69, 9.17) is 0 Å². The zero-order valence-electron chi connectivity index (χ0n) is 5.04. The van der Waals surface area contributed by atoms with E-state index in [1.54, 1.807) is 0 Å². The van der Waals surface area contributed by atoms with Crippen molar-refractivity contribution in [3.63, 3.8) is 0 Å². The van der Waals surface area contributed by atoms with E-state index in [1.807, 2.05) is 0 Å². The van der Waals surface area contributed by atoms with Gasteiger partial charge < -0.3 is 16.4 Å². The van der Waals surface area contributed by atoms with E-state index in [0.29, 0.717) is 0 Å². The topological polar surface area (TPSA) is 85.5 Å². The average molecular weight is 668 g/mol. The molecule has 11 heteroatoms. The SMILES string of the molecule is [Cr+3].[Cr+3].[O-2].[O-2].[O-2].[Sn].[Sn].[Ti].[Ti].[Zr].[Zr]. The number of hydrogen-bond acceptors (Lipinski definition) is 0. The molecule has 0 aromatic heterocycles. The van der Waals surface area contributed by atoms with E-state index < -0.39 is 0 Å². The van der Waals surface area contributed by atoms with E-state index in [1.165, 1.54) is 0 Å². The molecule has 54 valence electrons. The minimum atomic E-state index is 0. The third-order valence-electron chi connectivity index (χ3n) is 0. The maximum absolute atomic E-state index is 0. The number of hydrogen-bond donors (Lipinski definition) is 0. The molecule has 0 bridgehead atoms. The summed E-state index contributed by atoms with van der Waals surface area (Å²) in [4.78, 5) is 0. The van der Waals surface area contributed by atoms with Crippen LogP contribution in [0.3, 0.4) is 0 Å². The van der Waals surface area contributed by atoms with Gasteiger partial charge in [0.2, 0.25) is 0 Å². The molecule has 0 amide bonds. The predicted octanol–water partition coefficient (Wildman–Crippen LogP) is -1.13. The molecule has 0 spiro atoms. The molecular weight excluding hydrogens is 668 g/mol.